The second-order valence-electron chi connectivity index (χ2n) is 23.5. The number of fused-ring (bicyclic) bond motifs is 1. The van der Waals surface area contributed by atoms with E-state index < -0.39 is 48.4 Å². The Morgan fingerprint density at radius 1 is 0.406 bits per heavy atom. The van der Waals surface area contributed by atoms with E-state index in [1.54, 1.807) is 22.7 Å². The molecule has 0 aliphatic rings. The number of halogens is 2. The summed E-state index contributed by atoms with van der Waals surface area (Å²) in [6, 6.07) is 4.57. The minimum absolute atomic E-state index is 0.347. The van der Waals surface area contributed by atoms with Gasteiger partial charge in [0.05, 0.1) is 0 Å². The van der Waals surface area contributed by atoms with Crippen molar-refractivity contribution in [2.45, 2.75) is 276 Å². The first kappa shape index (κ1) is 61.4. The number of thiophene rings is 2. The molecule has 2 atom stereocenters. The number of hydrogen-bond acceptors (Lipinski definition) is 5. The fourth-order valence-corrected chi connectivity index (χ4v) is 27.7. The Hall–Kier alpha value is -0.103. The van der Waals surface area contributed by atoms with Gasteiger partial charge in [0.15, 0.2) is 0 Å². The predicted octanol–water partition coefficient (Wildman–Crippen LogP) is 21.4. The number of hydrogen-bond donors (Lipinski definition) is 0. The van der Waals surface area contributed by atoms with Crippen LogP contribution in [0.4, 0.5) is 8.78 Å². The van der Waals surface area contributed by atoms with Gasteiger partial charge in [0.25, 0.3) is 0 Å². The molecule has 1 aromatic carbocycles. The second-order valence-corrected chi connectivity index (χ2v) is 56.8. The number of nitrogens with zero attached hydrogens (tertiary/aromatic N) is 2. The molecule has 0 spiro atoms. The van der Waals surface area contributed by atoms with Crippen LogP contribution in [0.3, 0.4) is 0 Å². The van der Waals surface area contributed by atoms with E-state index in [1.165, 1.54) is 222 Å². The molecule has 0 saturated carbocycles. The molecule has 4 rings (SSSR count). The van der Waals surface area contributed by atoms with Gasteiger partial charge < -0.3 is 0 Å². The topological polar surface area (TPSA) is 25.8 Å². The third-order valence-corrected chi connectivity index (χ3v) is 37.1. The van der Waals surface area contributed by atoms with E-state index in [9.17, 15) is 0 Å². The monoisotopic (exact) mass is 1220 g/mol. The van der Waals surface area contributed by atoms with E-state index in [0.29, 0.717) is 34.0 Å². The van der Waals surface area contributed by atoms with Crippen molar-refractivity contribution in [1.29, 1.82) is 0 Å². The number of unbranched alkanes of at least 4 members (excludes halogenated alkanes) is 24. The fourth-order valence-electron chi connectivity index (χ4n) is 10.9. The van der Waals surface area contributed by atoms with Crippen molar-refractivity contribution in [2.24, 2.45) is 11.8 Å². The zero-order valence-corrected chi connectivity index (χ0v) is 54.4. The van der Waals surface area contributed by atoms with Gasteiger partial charge in [-0.1, -0.05) is 26.7 Å². The zero-order chi connectivity index (χ0) is 50.1. The van der Waals surface area contributed by atoms with Crippen LogP contribution in [-0.4, -0.2) is 45.5 Å². The van der Waals surface area contributed by atoms with Crippen LogP contribution in [0.5, 0.6) is 0 Å². The standard InChI is InChI=1S/C54H84F2N2S3.6CH3.2Sn/c1-5-9-13-17-21-23-27-31-35-43(33-29-25-19-15-11-7-3)37-45-39-47(59-41-45)49-51(55)52(56)50(54-53(49)57-61-58-54)48-40-46(42-60-48)38-44(34-30-26-20-16-12-8-4)36-32-28-24-22-18-14-10-6-2;;;;;;;;/h39-40,43-44H,5-38H2,1-4H3;6*1H3;;. The molecule has 3 heterocycles. The number of benzene rings is 1. The summed E-state index contributed by atoms with van der Waals surface area (Å²) in [5.74, 6) is -0.195. The van der Waals surface area contributed by atoms with Crippen LogP contribution >= 0.6 is 34.4 Å². The van der Waals surface area contributed by atoms with Gasteiger partial charge in [0.2, 0.25) is 0 Å². The summed E-state index contributed by atoms with van der Waals surface area (Å²) in [5.41, 5.74) is 4.63. The molecule has 392 valence electrons. The van der Waals surface area contributed by atoms with Gasteiger partial charge in [0, 0.05) is 0 Å². The molecular weight excluding hydrogens is 1120 g/mol. The van der Waals surface area contributed by atoms with E-state index in [2.05, 4.69) is 69.5 Å². The first-order chi connectivity index (χ1) is 33.2. The third kappa shape index (κ3) is 21.2. The SMILES string of the molecule is CCCCCCCCCCC(CCCCCCCC)Cc1cc(-c2c(F)c(F)c(-c3cc(CC(CCCCCCCC)CCCCCCCCCC)[c]([Sn]([CH3])([CH3])[CH3])s3)c3nsnc23)s[c]1[Sn]([CH3])([CH3])[CH3]. The number of aromatic nitrogens is 2. The minimum atomic E-state index is -2.68. The summed E-state index contributed by atoms with van der Waals surface area (Å²) in [7, 11) is 0. The molecule has 2 unspecified atom stereocenters. The average Bonchev–Trinajstić information content (AvgIpc) is 4.07. The summed E-state index contributed by atoms with van der Waals surface area (Å²) in [6.45, 7) is 9.19. The average molecular weight is 1220 g/mol. The molecule has 0 radical (unpaired) electrons. The van der Waals surface area contributed by atoms with Crippen molar-refractivity contribution in [3.8, 4) is 20.9 Å². The van der Waals surface area contributed by atoms with Gasteiger partial charge in [-0.15, -0.1) is 0 Å². The Kier molecular flexibility index (Phi) is 30.0. The Balaban J connectivity index is 1.64. The maximum atomic E-state index is 17.3. The van der Waals surface area contributed by atoms with Crippen LogP contribution in [0, 0.1) is 23.5 Å². The van der Waals surface area contributed by atoms with Crippen LogP contribution in [0.1, 0.15) is 244 Å². The number of rotatable bonds is 40. The molecular formula is C60H102F2N2S3Sn2. The Labute approximate surface area is 444 Å². The fraction of sp³-hybridized carbons (Fsp3) is 0.767. The van der Waals surface area contributed by atoms with Crippen molar-refractivity contribution in [3.05, 3.63) is 34.9 Å². The maximum absolute atomic E-state index is 17.3. The quantitative estimate of drug-likeness (QED) is 0.0328. The summed E-state index contributed by atoms with van der Waals surface area (Å²) < 4.78 is 47.2. The van der Waals surface area contributed by atoms with E-state index >= 15 is 8.78 Å². The molecule has 4 aromatic rings. The van der Waals surface area contributed by atoms with Crippen LogP contribution in [0.2, 0.25) is 29.6 Å². The van der Waals surface area contributed by atoms with Crippen LogP contribution in [0.15, 0.2) is 12.1 Å². The molecule has 9 heteroatoms. The van der Waals surface area contributed by atoms with Gasteiger partial charge in [-0.2, -0.15) is 0 Å². The van der Waals surface area contributed by atoms with E-state index in [4.69, 9.17) is 8.75 Å². The van der Waals surface area contributed by atoms with Gasteiger partial charge in [0.1, 0.15) is 0 Å². The van der Waals surface area contributed by atoms with Crippen molar-refractivity contribution in [3.63, 3.8) is 0 Å². The van der Waals surface area contributed by atoms with Crippen LogP contribution in [0.25, 0.3) is 31.9 Å². The normalized spacial score (nSPS) is 13.3. The molecule has 3 aromatic heterocycles. The second kappa shape index (κ2) is 33.7. The Morgan fingerprint density at radius 2 is 0.667 bits per heavy atom. The van der Waals surface area contributed by atoms with Crippen LogP contribution in [-0.2, 0) is 12.8 Å². The summed E-state index contributed by atoms with van der Waals surface area (Å²) >= 11 is -0.730. The summed E-state index contributed by atoms with van der Waals surface area (Å²) in [6.07, 6.45) is 44.7. The van der Waals surface area contributed by atoms with E-state index in [0.717, 1.165) is 34.3 Å². The zero-order valence-electron chi connectivity index (χ0n) is 46.2. The molecule has 0 bridgehead atoms. The summed E-state index contributed by atoms with van der Waals surface area (Å²) in [4.78, 5) is 16.7. The van der Waals surface area contributed by atoms with Crippen molar-refractivity contribution in [1.82, 2.24) is 8.75 Å². The van der Waals surface area contributed by atoms with Gasteiger partial charge in [-0.05, 0) is 0 Å². The van der Waals surface area contributed by atoms with Gasteiger partial charge >= 0.3 is 422 Å². The molecule has 69 heavy (non-hydrogen) atoms. The van der Waals surface area contributed by atoms with E-state index in [1.807, 2.05) is 0 Å². The molecule has 0 aliphatic carbocycles. The molecule has 0 fully saturated rings. The Bertz CT molecular complexity index is 1850. The Morgan fingerprint density at radius 3 is 0.928 bits per heavy atom. The first-order valence-corrected chi connectivity index (χ1v) is 51.5. The molecule has 0 N–H and O–H groups in total. The summed E-state index contributed by atoms with van der Waals surface area (Å²) in [5, 5.41) is 0. The van der Waals surface area contributed by atoms with Crippen molar-refractivity contribution >= 4 is 88.0 Å². The molecule has 2 nitrogen and oxygen atoms in total. The van der Waals surface area contributed by atoms with Gasteiger partial charge in [-0.3, -0.25) is 0 Å². The first-order valence-electron chi connectivity index (χ1n) is 29.1. The predicted molar refractivity (Wildman–Crippen MR) is 315 cm³/mol. The van der Waals surface area contributed by atoms with Crippen LogP contribution < -0.4 is 5.79 Å². The van der Waals surface area contributed by atoms with Crippen molar-refractivity contribution < 1.29 is 8.78 Å². The molecule has 0 aliphatic heterocycles. The molecule has 0 saturated heterocycles. The van der Waals surface area contributed by atoms with Crippen molar-refractivity contribution in [2.75, 3.05) is 0 Å². The van der Waals surface area contributed by atoms with Gasteiger partial charge in [-0.25, -0.2) is 0 Å². The third-order valence-electron chi connectivity index (χ3n) is 14.9. The van der Waals surface area contributed by atoms with E-state index in [-0.39, 0.29) is 0 Å². The molecule has 0 amide bonds.